The summed E-state index contributed by atoms with van der Waals surface area (Å²) in [5, 5.41) is 20.3. The zero-order chi connectivity index (χ0) is 13.7. The van der Waals surface area contributed by atoms with Gasteiger partial charge in [-0.15, -0.1) is 0 Å². The van der Waals surface area contributed by atoms with E-state index in [0.717, 1.165) is 37.2 Å². The van der Waals surface area contributed by atoms with Gasteiger partial charge in [-0.25, -0.2) is 0 Å². The highest BCUT2D eigenvalue weighted by molar-refractivity contribution is 7.99. The molecular weight excluding hydrogens is 266 g/mol. The average Bonchev–Trinajstić information content (AvgIpc) is 2.42. The first-order chi connectivity index (χ1) is 9.24. The van der Waals surface area contributed by atoms with E-state index >= 15 is 0 Å². The number of thioether (sulfide) groups is 1. The van der Waals surface area contributed by atoms with Gasteiger partial charge >= 0.3 is 0 Å². The molecule has 3 saturated heterocycles. The number of aliphatic hydroxyl groups is 2. The molecule has 5 nitrogen and oxygen atoms in total. The van der Waals surface area contributed by atoms with Gasteiger partial charge in [0, 0.05) is 30.6 Å². The van der Waals surface area contributed by atoms with Gasteiger partial charge in [0.2, 0.25) is 0 Å². The van der Waals surface area contributed by atoms with E-state index in [4.69, 9.17) is 15.2 Å². The molecule has 3 heterocycles. The van der Waals surface area contributed by atoms with Crippen LogP contribution in [0.15, 0.2) is 0 Å². The highest BCUT2D eigenvalue weighted by Crippen LogP contribution is 2.33. The van der Waals surface area contributed by atoms with Crippen molar-refractivity contribution in [3.8, 4) is 0 Å². The first kappa shape index (κ1) is 15.5. The van der Waals surface area contributed by atoms with Crippen molar-refractivity contribution in [2.45, 2.75) is 50.3 Å². The molecule has 3 aliphatic heterocycles. The quantitative estimate of drug-likeness (QED) is 0.647. The summed E-state index contributed by atoms with van der Waals surface area (Å²) in [7, 11) is 0. The highest BCUT2D eigenvalue weighted by atomic mass is 32.2. The molecule has 3 unspecified atom stereocenters. The lowest BCUT2D eigenvalue weighted by Gasteiger charge is -2.43. The zero-order valence-electron chi connectivity index (χ0n) is 11.2. The van der Waals surface area contributed by atoms with Crippen LogP contribution in [0.5, 0.6) is 0 Å². The summed E-state index contributed by atoms with van der Waals surface area (Å²) in [6.45, 7) is 1.23. The lowest BCUT2D eigenvalue weighted by atomic mass is 9.85. The molecule has 5 atom stereocenters. The molecule has 2 bridgehead atoms. The second kappa shape index (κ2) is 7.81. The number of nitrogens with two attached hydrogens (primary N) is 1. The van der Waals surface area contributed by atoms with E-state index in [1.54, 1.807) is 11.8 Å². The summed E-state index contributed by atoms with van der Waals surface area (Å²) in [4.78, 5) is 0. The van der Waals surface area contributed by atoms with E-state index in [-0.39, 0.29) is 12.0 Å². The van der Waals surface area contributed by atoms with Gasteiger partial charge in [0.15, 0.2) is 6.29 Å². The average molecular weight is 291 g/mol. The lowest BCUT2D eigenvalue weighted by molar-refractivity contribution is -0.284. The van der Waals surface area contributed by atoms with Gasteiger partial charge in [0.25, 0.3) is 0 Å². The fourth-order valence-electron chi connectivity index (χ4n) is 2.79. The number of aliphatic hydroxyl groups excluding tert-OH is 2. The SMILES string of the molecule is NCCSCC1O[C@@H]2OCCCCCC1[C@H](O)C2O. The number of fused-ring (bicyclic) bond motifs is 7. The van der Waals surface area contributed by atoms with Crippen LogP contribution in [-0.4, -0.2) is 59.5 Å². The molecule has 3 aliphatic rings. The molecule has 3 fully saturated rings. The van der Waals surface area contributed by atoms with E-state index in [2.05, 4.69) is 0 Å². The van der Waals surface area contributed by atoms with Crippen LogP contribution in [0.25, 0.3) is 0 Å². The third-order valence-electron chi connectivity index (χ3n) is 3.86. The van der Waals surface area contributed by atoms with E-state index in [1.165, 1.54) is 0 Å². The Labute approximate surface area is 118 Å². The minimum absolute atomic E-state index is 0.00164. The predicted octanol–water partition coefficient (Wildman–Crippen LogP) is 0.332. The van der Waals surface area contributed by atoms with Gasteiger partial charge < -0.3 is 25.4 Å². The molecule has 4 N–H and O–H groups in total. The number of hydrogen-bond acceptors (Lipinski definition) is 6. The number of hydrogen-bond donors (Lipinski definition) is 3. The molecule has 0 aromatic carbocycles. The maximum absolute atomic E-state index is 10.3. The first-order valence-corrected chi connectivity index (χ1v) is 8.30. The summed E-state index contributed by atoms with van der Waals surface area (Å²) in [5.74, 6) is 1.68. The Kier molecular flexibility index (Phi) is 6.38. The van der Waals surface area contributed by atoms with Crippen LogP contribution >= 0.6 is 11.8 Å². The molecule has 6 heteroatoms. The molecule has 3 rings (SSSR count). The molecule has 0 aliphatic carbocycles. The van der Waals surface area contributed by atoms with Crippen LogP contribution in [-0.2, 0) is 9.47 Å². The van der Waals surface area contributed by atoms with Crippen molar-refractivity contribution < 1.29 is 19.7 Å². The topological polar surface area (TPSA) is 84.9 Å². The third kappa shape index (κ3) is 4.06. The highest BCUT2D eigenvalue weighted by Gasteiger charge is 2.44. The Bertz CT molecular complexity index is 267. The molecular formula is C13H25NO4S. The van der Waals surface area contributed by atoms with Crippen molar-refractivity contribution in [3.63, 3.8) is 0 Å². The third-order valence-corrected chi connectivity index (χ3v) is 4.95. The molecule has 0 spiro atoms. The van der Waals surface area contributed by atoms with Gasteiger partial charge in [0.05, 0.1) is 12.2 Å². The van der Waals surface area contributed by atoms with Gasteiger partial charge in [-0.1, -0.05) is 12.8 Å². The van der Waals surface area contributed by atoms with Crippen LogP contribution in [0.3, 0.4) is 0 Å². The van der Waals surface area contributed by atoms with Gasteiger partial charge in [-0.05, 0) is 12.8 Å². The monoisotopic (exact) mass is 291 g/mol. The fraction of sp³-hybridized carbons (Fsp3) is 1.00. The summed E-state index contributed by atoms with van der Waals surface area (Å²) in [5.41, 5.74) is 5.50. The molecule has 0 saturated carbocycles. The maximum atomic E-state index is 10.3. The van der Waals surface area contributed by atoms with Crippen LogP contribution < -0.4 is 5.73 Å². The van der Waals surface area contributed by atoms with Gasteiger partial charge in [-0.3, -0.25) is 0 Å². The molecule has 0 radical (unpaired) electrons. The van der Waals surface area contributed by atoms with Crippen molar-refractivity contribution in [1.29, 1.82) is 0 Å². The molecule has 0 aromatic heterocycles. The van der Waals surface area contributed by atoms with Crippen molar-refractivity contribution >= 4 is 11.8 Å². The molecule has 19 heavy (non-hydrogen) atoms. The summed E-state index contributed by atoms with van der Waals surface area (Å²) < 4.78 is 11.4. The van der Waals surface area contributed by atoms with Crippen LogP contribution in [0.4, 0.5) is 0 Å². The van der Waals surface area contributed by atoms with Gasteiger partial charge in [-0.2, -0.15) is 11.8 Å². The second-order valence-electron chi connectivity index (χ2n) is 5.27. The minimum Gasteiger partial charge on any atom is -0.390 e. The van der Waals surface area contributed by atoms with Gasteiger partial charge in [0.1, 0.15) is 6.10 Å². The Hall–Kier alpha value is 0.150. The van der Waals surface area contributed by atoms with E-state index in [0.29, 0.717) is 13.2 Å². The summed E-state index contributed by atoms with van der Waals surface area (Å²) >= 11 is 1.73. The minimum atomic E-state index is -0.932. The second-order valence-corrected chi connectivity index (χ2v) is 6.42. The predicted molar refractivity (Wildman–Crippen MR) is 75.0 cm³/mol. The zero-order valence-corrected chi connectivity index (χ0v) is 12.1. The molecule has 112 valence electrons. The van der Waals surface area contributed by atoms with E-state index < -0.39 is 18.5 Å². The van der Waals surface area contributed by atoms with Crippen LogP contribution in [0.2, 0.25) is 0 Å². The van der Waals surface area contributed by atoms with Crippen LogP contribution in [0, 0.1) is 5.92 Å². The Morgan fingerprint density at radius 3 is 2.79 bits per heavy atom. The number of rotatable bonds is 4. The van der Waals surface area contributed by atoms with E-state index in [9.17, 15) is 10.2 Å². The standard InChI is InChI=1S/C13H25NO4S/c14-5-7-19-8-10-9-4-2-1-3-6-17-13(18-10)12(16)11(9)15/h9-13,15-16H,1-8,14H2/t9?,10?,11-,12?,13-/m0/s1. The van der Waals surface area contributed by atoms with Crippen molar-refractivity contribution in [2.24, 2.45) is 11.7 Å². The van der Waals surface area contributed by atoms with Crippen molar-refractivity contribution in [3.05, 3.63) is 0 Å². The summed E-state index contributed by atoms with van der Waals surface area (Å²) in [6, 6.07) is 0. The Morgan fingerprint density at radius 1 is 1.16 bits per heavy atom. The lowest BCUT2D eigenvalue weighted by Crippen LogP contribution is -2.56. The molecule has 0 aromatic rings. The Morgan fingerprint density at radius 2 is 2.00 bits per heavy atom. The fourth-order valence-corrected chi connectivity index (χ4v) is 3.68. The van der Waals surface area contributed by atoms with Crippen molar-refractivity contribution in [2.75, 3.05) is 24.7 Å². The number of ether oxygens (including phenoxy) is 2. The first-order valence-electron chi connectivity index (χ1n) is 7.15. The normalized spacial score (nSPS) is 40.3. The summed E-state index contributed by atoms with van der Waals surface area (Å²) in [6.07, 6.45) is 1.62. The smallest absolute Gasteiger partial charge is 0.186 e. The molecule has 0 amide bonds. The van der Waals surface area contributed by atoms with E-state index in [1.807, 2.05) is 0 Å². The largest absolute Gasteiger partial charge is 0.390 e. The Balaban J connectivity index is 2.01. The van der Waals surface area contributed by atoms with Crippen molar-refractivity contribution in [1.82, 2.24) is 0 Å². The van der Waals surface area contributed by atoms with Crippen LogP contribution in [0.1, 0.15) is 25.7 Å². The maximum Gasteiger partial charge on any atom is 0.186 e.